The maximum absolute atomic E-state index is 11.0. The van der Waals surface area contributed by atoms with Crippen LogP contribution in [0.5, 0.6) is 5.88 Å². The number of nitrogens with one attached hydrogen (secondary N) is 1. The van der Waals surface area contributed by atoms with E-state index in [1.54, 1.807) is 0 Å². The van der Waals surface area contributed by atoms with Gasteiger partial charge in [-0.25, -0.2) is 4.99 Å². The maximum atomic E-state index is 11.0. The summed E-state index contributed by atoms with van der Waals surface area (Å²) in [5.41, 5.74) is 5.95. The van der Waals surface area contributed by atoms with Crippen LogP contribution in [0.4, 0.5) is 5.69 Å². The number of H-pyrrole nitrogens is 1. The van der Waals surface area contributed by atoms with Gasteiger partial charge >= 0.3 is 5.97 Å². The van der Waals surface area contributed by atoms with Crippen molar-refractivity contribution in [2.24, 2.45) is 4.99 Å². The number of hydrogen-bond acceptors (Lipinski definition) is 4. The maximum Gasteiger partial charge on any atom is 0.303 e. The van der Waals surface area contributed by atoms with Crippen molar-refractivity contribution in [2.45, 2.75) is 32.2 Å². The van der Waals surface area contributed by atoms with E-state index in [-0.39, 0.29) is 12.3 Å². The van der Waals surface area contributed by atoms with Crippen LogP contribution in [-0.2, 0) is 17.8 Å². The quantitative estimate of drug-likeness (QED) is 0.223. The summed E-state index contributed by atoms with van der Waals surface area (Å²) in [5.74, 6) is -0.758. The molecule has 1 aliphatic heterocycles. The van der Waals surface area contributed by atoms with Crippen LogP contribution in [0, 0.1) is 0 Å². The number of rotatable bonds is 8. The molecular weight excluding hydrogens is 518 g/mol. The largest absolute Gasteiger partial charge is 0.494 e. The summed E-state index contributed by atoms with van der Waals surface area (Å²) in [5, 5.41) is 20.8. The van der Waals surface area contributed by atoms with E-state index >= 15 is 0 Å². The Hall–Kier alpha value is -3.42. The molecule has 1 saturated heterocycles. The summed E-state index contributed by atoms with van der Waals surface area (Å²) >= 11 is 3.50. The monoisotopic (exact) mass is 545 g/mol. The number of carboxylic acids is 1. The fourth-order valence-electron chi connectivity index (χ4n) is 4.74. The number of fused-ring (bicyclic) bond motifs is 1. The van der Waals surface area contributed by atoms with Crippen LogP contribution in [0.2, 0.25) is 0 Å². The van der Waals surface area contributed by atoms with Crippen molar-refractivity contribution >= 4 is 44.2 Å². The van der Waals surface area contributed by atoms with Crippen molar-refractivity contribution < 1.29 is 15.0 Å². The van der Waals surface area contributed by atoms with Gasteiger partial charge in [0, 0.05) is 28.4 Å². The topological polar surface area (TPSA) is 88.9 Å². The van der Waals surface area contributed by atoms with E-state index in [2.05, 4.69) is 37.9 Å². The molecule has 1 aromatic heterocycles. The lowest BCUT2D eigenvalue weighted by Crippen LogP contribution is -2.18. The summed E-state index contributed by atoms with van der Waals surface area (Å²) in [7, 11) is 0. The van der Waals surface area contributed by atoms with E-state index in [1.807, 2.05) is 54.6 Å². The Kier molecular flexibility index (Phi) is 7.20. The van der Waals surface area contributed by atoms with Crippen LogP contribution in [0.25, 0.3) is 10.9 Å². The highest BCUT2D eigenvalue weighted by atomic mass is 79.9. The van der Waals surface area contributed by atoms with Crippen molar-refractivity contribution in [1.82, 2.24) is 9.88 Å². The van der Waals surface area contributed by atoms with E-state index in [9.17, 15) is 9.90 Å². The van der Waals surface area contributed by atoms with E-state index in [1.165, 1.54) is 18.4 Å². The van der Waals surface area contributed by atoms with E-state index in [0.717, 1.165) is 51.8 Å². The second kappa shape index (κ2) is 10.7. The summed E-state index contributed by atoms with van der Waals surface area (Å²) < 4.78 is 0.915. The molecule has 5 rings (SSSR count). The second-order valence-corrected chi connectivity index (χ2v) is 10.2. The minimum Gasteiger partial charge on any atom is -0.494 e. The number of carbonyl (C=O) groups is 1. The number of aromatic hydroxyl groups is 1. The number of aromatic amines is 1. The summed E-state index contributed by atoms with van der Waals surface area (Å²) in [6, 6.07) is 21.9. The number of aryl methyl sites for hydroxylation is 1. The Morgan fingerprint density at radius 2 is 1.67 bits per heavy atom. The molecule has 4 aromatic rings. The standard InChI is InChI=1S/C29H28BrN3O3/c30-22-10-13-24-25(17-22)32-29(36)27(24)28(21-8-3-19(4-9-21)7-14-26(34)35)31-23-11-5-20(6-12-23)18-33-15-1-2-16-33/h3-6,8-13,17,32,36H,1-2,7,14-16,18H2,(H,34,35). The SMILES string of the molecule is O=C(O)CCc1ccc(C(=Nc2ccc(CN3CCCC3)cc2)c2c(O)[nH]c3cc(Br)ccc23)cc1. The molecule has 0 saturated carbocycles. The average molecular weight is 546 g/mol. The van der Waals surface area contributed by atoms with Crippen LogP contribution in [0.15, 0.2) is 76.2 Å². The lowest BCUT2D eigenvalue weighted by Gasteiger charge is -2.14. The number of aliphatic imine (C=N–C) groups is 1. The van der Waals surface area contributed by atoms with Gasteiger partial charge in [-0.05, 0) is 67.7 Å². The third-order valence-corrected chi connectivity index (χ3v) is 7.11. The van der Waals surface area contributed by atoms with Crippen LogP contribution >= 0.6 is 15.9 Å². The zero-order valence-electron chi connectivity index (χ0n) is 19.9. The van der Waals surface area contributed by atoms with Gasteiger partial charge in [0.2, 0.25) is 0 Å². The number of halogens is 1. The molecule has 36 heavy (non-hydrogen) atoms. The minimum atomic E-state index is -0.815. The van der Waals surface area contributed by atoms with Crippen LogP contribution < -0.4 is 0 Å². The van der Waals surface area contributed by atoms with Gasteiger partial charge in [-0.2, -0.15) is 0 Å². The molecule has 0 radical (unpaired) electrons. The van der Waals surface area contributed by atoms with E-state index < -0.39 is 5.97 Å². The van der Waals surface area contributed by atoms with Gasteiger partial charge in [0.15, 0.2) is 5.88 Å². The fraction of sp³-hybridized carbons (Fsp3) is 0.241. The van der Waals surface area contributed by atoms with Crippen molar-refractivity contribution in [3.8, 4) is 5.88 Å². The molecule has 0 atom stereocenters. The van der Waals surface area contributed by atoms with Crippen LogP contribution in [0.1, 0.15) is 41.5 Å². The smallest absolute Gasteiger partial charge is 0.303 e. The van der Waals surface area contributed by atoms with Gasteiger partial charge in [-0.3, -0.25) is 9.69 Å². The lowest BCUT2D eigenvalue weighted by atomic mass is 9.98. The first kappa shape index (κ1) is 24.3. The normalized spacial score (nSPS) is 14.5. The molecule has 0 unspecified atom stereocenters. The predicted octanol–water partition coefficient (Wildman–Crippen LogP) is 6.42. The first-order valence-electron chi connectivity index (χ1n) is 12.2. The summed E-state index contributed by atoms with van der Waals surface area (Å²) in [4.78, 5) is 21.5. The van der Waals surface area contributed by atoms with E-state index in [0.29, 0.717) is 17.7 Å². The number of aliphatic carboxylic acids is 1. The molecule has 0 amide bonds. The van der Waals surface area contributed by atoms with Crippen molar-refractivity contribution in [2.75, 3.05) is 13.1 Å². The number of carboxylic acid groups (broad SMARTS) is 1. The Morgan fingerprint density at radius 1 is 0.972 bits per heavy atom. The van der Waals surface area contributed by atoms with Crippen LogP contribution in [0.3, 0.4) is 0 Å². The Balaban J connectivity index is 1.53. The molecule has 3 N–H and O–H groups in total. The minimum absolute atomic E-state index is 0.0578. The molecule has 1 fully saturated rings. The highest BCUT2D eigenvalue weighted by Gasteiger charge is 2.19. The van der Waals surface area contributed by atoms with Gasteiger partial charge in [0.25, 0.3) is 0 Å². The Morgan fingerprint density at radius 3 is 2.36 bits per heavy atom. The van der Waals surface area contributed by atoms with Crippen molar-refractivity contribution in [3.05, 3.63) is 93.5 Å². The van der Waals surface area contributed by atoms with E-state index in [4.69, 9.17) is 10.1 Å². The number of aromatic nitrogens is 1. The molecule has 6 nitrogen and oxygen atoms in total. The first-order valence-corrected chi connectivity index (χ1v) is 13.0. The van der Waals surface area contributed by atoms with Crippen molar-refractivity contribution in [3.63, 3.8) is 0 Å². The van der Waals surface area contributed by atoms with Gasteiger partial charge < -0.3 is 15.2 Å². The summed E-state index contributed by atoms with van der Waals surface area (Å²) in [6.45, 7) is 3.26. The second-order valence-electron chi connectivity index (χ2n) is 9.24. The number of nitrogens with zero attached hydrogens (tertiary/aromatic N) is 2. The van der Waals surface area contributed by atoms with Gasteiger partial charge in [0.1, 0.15) is 0 Å². The highest BCUT2D eigenvalue weighted by Crippen LogP contribution is 2.33. The molecular formula is C29H28BrN3O3. The highest BCUT2D eigenvalue weighted by molar-refractivity contribution is 9.10. The van der Waals surface area contributed by atoms with Gasteiger partial charge in [-0.15, -0.1) is 0 Å². The molecule has 1 aliphatic rings. The number of hydrogen-bond donors (Lipinski definition) is 3. The zero-order valence-corrected chi connectivity index (χ0v) is 21.5. The number of benzene rings is 3. The fourth-order valence-corrected chi connectivity index (χ4v) is 5.11. The van der Waals surface area contributed by atoms with Crippen LogP contribution in [-0.4, -0.2) is 44.9 Å². The molecule has 0 spiro atoms. The third kappa shape index (κ3) is 5.53. The number of likely N-dealkylation sites (tertiary alicyclic amines) is 1. The lowest BCUT2D eigenvalue weighted by molar-refractivity contribution is -0.136. The first-order chi connectivity index (χ1) is 17.5. The predicted molar refractivity (Wildman–Crippen MR) is 146 cm³/mol. The van der Waals surface area contributed by atoms with Crippen molar-refractivity contribution in [1.29, 1.82) is 0 Å². The molecule has 7 heteroatoms. The van der Waals surface area contributed by atoms with Gasteiger partial charge in [0.05, 0.1) is 22.5 Å². The molecule has 0 bridgehead atoms. The Labute approximate surface area is 218 Å². The zero-order chi connectivity index (χ0) is 25.1. The molecule has 2 heterocycles. The average Bonchev–Trinajstić information content (AvgIpc) is 3.49. The van der Waals surface area contributed by atoms with Gasteiger partial charge in [-0.1, -0.05) is 58.4 Å². The molecule has 0 aliphatic carbocycles. The molecule has 3 aromatic carbocycles. The Bertz CT molecular complexity index is 1400. The third-order valence-electron chi connectivity index (χ3n) is 6.61. The summed E-state index contributed by atoms with van der Waals surface area (Å²) in [6.07, 6.45) is 3.09. The molecule has 184 valence electrons.